The predicted molar refractivity (Wildman–Crippen MR) is 135 cm³/mol. The van der Waals surface area contributed by atoms with Crippen LogP contribution >= 0.6 is 0 Å². The van der Waals surface area contributed by atoms with Gasteiger partial charge < -0.3 is 25.8 Å². The van der Waals surface area contributed by atoms with E-state index >= 15 is 0 Å². The fourth-order valence-electron chi connectivity index (χ4n) is 3.07. The number of anilines is 1. The molecule has 0 saturated carbocycles. The third-order valence-electron chi connectivity index (χ3n) is 4.85. The molecule has 1 aliphatic heterocycles. The van der Waals surface area contributed by atoms with E-state index in [4.69, 9.17) is 15.2 Å². The minimum Gasteiger partial charge on any atom is -0.381 e. The lowest BCUT2D eigenvalue weighted by atomic mass is 10.2. The van der Waals surface area contributed by atoms with Gasteiger partial charge in [-0.2, -0.15) is 0 Å². The first-order chi connectivity index (χ1) is 16.8. The zero-order valence-electron chi connectivity index (χ0n) is 21.0. The van der Waals surface area contributed by atoms with Crippen LogP contribution in [0.5, 0.6) is 0 Å². The summed E-state index contributed by atoms with van der Waals surface area (Å²) in [6, 6.07) is 10.1. The van der Waals surface area contributed by atoms with Crippen molar-refractivity contribution in [3.63, 3.8) is 0 Å². The van der Waals surface area contributed by atoms with Gasteiger partial charge in [0, 0.05) is 37.3 Å². The van der Waals surface area contributed by atoms with Crippen molar-refractivity contribution in [3.8, 4) is 0 Å². The molecule has 0 bridgehead atoms. The summed E-state index contributed by atoms with van der Waals surface area (Å²) in [4.78, 5) is 25.7. The summed E-state index contributed by atoms with van der Waals surface area (Å²) >= 11 is 0. The van der Waals surface area contributed by atoms with E-state index in [2.05, 4.69) is 15.6 Å². The molecule has 1 aliphatic rings. The molecular weight excluding hydrogens is 451 g/mol. The Bertz CT molecular complexity index is 852. The van der Waals surface area contributed by atoms with Crippen LogP contribution < -0.4 is 16.4 Å². The number of nitrogens with zero attached hydrogens (tertiary/aromatic N) is 1. The number of nitrogens with two attached hydrogens (primary N) is 1. The maximum atomic E-state index is 12.2. The van der Waals surface area contributed by atoms with Crippen molar-refractivity contribution in [2.45, 2.75) is 58.7 Å². The zero-order chi connectivity index (χ0) is 25.9. The Kier molecular flexibility index (Phi) is 15.9. The second-order valence-electron chi connectivity index (χ2n) is 8.17. The van der Waals surface area contributed by atoms with Crippen molar-refractivity contribution >= 4 is 18.0 Å². The van der Waals surface area contributed by atoms with Crippen LogP contribution in [0.3, 0.4) is 0 Å². The molecule has 2 aromatic rings. The van der Waals surface area contributed by atoms with Crippen LogP contribution in [-0.4, -0.2) is 55.8 Å². The Balaban J connectivity index is 0.000000281. The largest absolute Gasteiger partial charge is 0.381 e. The second-order valence-corrected chi connectivity index (χ2v) is 8.17. The number of amides is 2. The number of hydrogen-bond donors (Lipinski definition) is 3. The monoisotopic (exact) mass is 490 g/mol. The summed E-state index contributed by atoms with van der Waals surface area (Å²) in [6.07, 6.45) is 5.79. The van der Waals surface area contributed by atoms with Crippen LogP contribution in [0.4, 0.5) is 10.1 Å². The SMILES string of the molecule is Cc1cc(NC(=O)C2CCC(C)O2)ccn1.Cc1cccc(F)c1.NCCCOCCCNC=O. The number of hydrogen-bond acceptors (Lipinski definition) is 6. The summed E-state index contributed by atoms with van der Waals surface area (Å²) in [7, 11) is 0. The number of carbonyl (C=O) groups is 2. The molecule has 1 aromatic carbocycles. The van der Waals surface area contributed by atoms with Gasteiger partial charge >= 0.3 is 0 Å². The highest BCUT2D eigenvalue weighted by atomic mass is 19.1. The van der Waals surface area contributed by atoms with Gasteiger partial charge in [0.05, 0.1) is 6.10 Å². The van der Waals surface area contributed by atoms with Crippen molar-refractivity contribution in [1.29, 1.82) is 0 Å². The number of aromatic nitrogens is 1. The molecule has 0 spiro atoms. The topological polar surface area (TPSA) is 116 Å². The Morgan fingerprint density at radius 1 is 1.23 bits per heavy atom. The molecule has 0 aliphatic carbocycles. The number of pyridine rings is 1. The number of carbonyl (C=O) groups excluding carboxylic acids is 2. The van der Waals surface area contributed by atoms with Gasteiger partial charge in [-0.1, -0.05) is 12.1 Å². The molecular formula is C26H39FN4O4. The maximum Gasteiger partial charge on any atom is 0.253 e. The van der Waals surface area contributed by atoms with Gasteiger partial charge in [0.25, 0.3) is 5.91 Å². The molecule has 0 radical (unpaired) electrons. The van der Waals surface area contributed by atoms with Gasteiger partial charge in [-0.25, -0.2) is 4.39 Å². The standard InChI is InChI=1S/C12H16N2O2.C7H7F.C7H16N2O2/c1-8-7-10(5-6-13-8)14-12(15)11-4-3-9(2)16-11;1-6-3-2-4-7(8)5-6;8-3-1-5-11-6-2-4-9-7-10/h5-7,9,11H,3-4H2,1-2H3,(H,13,14,15);2-5H,1H3;7H,1-6,8H2,(H,9,10). The van der Waals surface area contributed by atoms with E-state index in [1.54, 1.807) is 18.3 Å². The van der Waals surface area contributed by atoms with Crippen molar-refractivity contribution in [2.24, 2.45) is 5.73 Å². The van der Waals surface area contributed by atoms with Crippen LogP contribution in [0.15, 0.2) is 42.6 Å². The Hall–Kier alpha value is -2.88. The van der Waals surface area contributed by atoms with Gasteiger partial charge in [-0.05, 0) is 82.8 Å². The molecule has 1 fully saturated rings. The van der Waals surface area contributed by atoms with Crippen LogP contribution in [0, 0.1) is 19.7 Å². The van der Waals surface area contributed by atoms with E-state index in [0.717, 1.165) is 49.2 Å². The maximum absolute atomic E-state index is 12.2. The summed E-state index contributed by atoms with van der Waals surface area (Å²) in [6.45, 7) is 8.52. The van der Waals surface area contributed by atoms with Crippen LogP contribution in [0.1, 0.15) is 43.9 Å². The molecule has 1 aromatic heterocycles. The molecule has 2 atom stereocenters. The number of benzene rings is 1. The third-order valence-corrected chi connectivity index (χ3v) is 4.85. The molecule has 8 nitrogen and oxygen atoms in total. The normalized spacial score (nSPS) is 16.3. The van der Waals surface area contributed by atoms with E-state index in [1.165, 1.54) is 12.1 Å². The van der Waals surface area contributed by atoms with Crippen LogP contribution in [-0.2, 0) is 19.1 Å². The van der Waals surface area contributed by atoms with Gasteiger partial charge in [0.1, 0.15) is 11.9 Å². The number of halogens is 1. The first kappa shape index (κ1) is 30.2. The number of aryl methyl sites for hydroxylation is 2. The lowest BCUT2D eigenvalue weighted by Crippen LogP contribution is -2.27. The number of nitrogens with one attached hydrogen (secondary N) is 2. The average Bonchev–Trinajstić information content (AvgIpc) is 3.26. The van der Waals surface area contributed by atoms with E-state index in [-0.39, 0.29) is 23.9 Å². The summed E-state index contributed by atoms with van der Waals surface area (Å²) in [5.74, 6) is -0.222. The van der Waals surface area contributed by atoms with Crippen LogP contribution in [0.2, 0.25) is 0 Å². The minimum atomic E-state index is -0.302. The van der Waals surface area contributed by atoms with Gasteiger partial charge in [-0.3, -0.25) is 14.6 Å². The second kappa shape index (κ2) is 18.4. The van der Waals surface area contributed by atoms with Crippen molar-refractivity contribution in [1.82, 2.24) is 10.3 Å². The minimum absolute atomic E-state index is 0.0602. The van der Waals surface area contributed by atoms with E-state index in [1.807, 2.05) is 32.9 Å². The zero-order valence-corrected chi connectivity index (χ0v) is 21.0. The fourth-order valence-corrected chi connectivity index (χ4v) is 3.07. The van der Waals surface area contributed by atoms with E-state index in [0.29, 0.717) is 26.1 Å². The van der Waals surface area contributed by atoms with Gasteiger partial charge in [0.15, 0.2) is 0 Å². The summed E-state index contributed by atoms with van der Waals surface area (Å²) in [5.41, 5.74) is 7.88. The Labute approximate surface area is 207 Å². The molecule has 9 heteroatoms. The first-order valence-electron chi connectivity index (χ1n) is 11.9. The van der Waals surface area contributed by atoms with Crippen molar-refractivity contribution < 1.29 is 23.5 Å². The average molecular weight is 491 g/mol. The lowest BCUT2D eigenvalue weighted by molar-refractivity contribution is -0.126. The quantitative estimate of drug-likeness (QED) is 0.347. The molecule has 2 heterocycles. The Morgan fingerprint density at radius 2 is 2.00 bits per heavy atom. The molecule has 3 rings (SSSR count). The number of ether oxygens (including phenoxy) is 2. The fraction of sp³-hybridized carbons (Fsp3) is 0.500. The highest BCUT2D eigenvalue weighted by Gasteiger charge is 2.28. The molecule has 2 amide bonds. The first-order valence-corrected chi connectivity index (χ1v) is 11.9. The van der Waals surface area contributed by atoms with E-state index in [9.17, 15) is 14.0 Å². The summed E-state index contributed by atoms with van der Waals surface area (Å²) < 4.78 is 22.9. The van der Waals surface area contributed by atoms with Gasteiger partial charge in [0.2, 0.25) is 6.41 Å². The smallest absolute Gasteiger partial charge is 0.253 e. The molecule has 4 N–H and O–H groups in total. The van der Waals surface area contributed by atoms with Gasteiger partial charge in [-0.15, -0.1) is 0 Å². The highest BCUT2D eigenvalue weighted by molar-refractivity contribution is 5.94. The number of rotatable bonds is 10. The predicted octanol–water partition coefficient (Wildman–Crippen LogP) is 3.52. The molecule has 2 unspecified atom stereocenters. The molecule has 35 heavy (non-hydrogen) atoms. The van der Waals surface area contributed by atoms with Crippen molar-refractivity contribution in [3.05, 3.63) is 59.7 Å². The third kappa shape index (κ3) is 14.9. The van der Waals surface area contributed by atoms with Crippen molar-refractivity contribution in [2.75, 3.05) is 31.6 Å². The van der Waals surface area contributed by atoms with E-state index < -0.39 is 0 Å². The summed E-state index contributed by atoms with van der Waals surface area (Å²) in [5, 5.41) is 5.40. The molecule has 194 valence electrons. The lowest BCUT2D eigenvalue weighted by Gasteiger charge is -2.11. The Morgan fingerprint density at radius 3 is 2.57 bits per heavy atom. The molecule has 1 saturated heterocycles. The highest BCUT2D eigenvalue weighted by Crippen LogP contribution is 2.20. The van der Waals surface area contributed by atoms with Crippen LogP contribution in [0.25, 0.3) is 0 Å².